The van der Waals surface area contributed by atoms with Gasteiger partial charge in [0.05, 0.1) is 6.04 Å². The Balaban J connectivity index is 2.71. The van der Waals surface area contributed by atoms with E-state index in [0.29, 0.717) is 11.4 Å². The lowest BCUT2D eigenvalue weighted by Crippen LogP contribution is -2.45. The summed E-state index contributed by atoms with van der Waals surface area (Å²) in [5.74, 6) is -0.989. The molecule has 1 rings (SSSR count). The number of aliphatic carboxylic acids is 1. The monoisotopic (exact) mass is 280 g/mol. The third-order valence-electron chi connectivity index (χ3n) is 2.68. The molecule has 0 bridgehead atoms. The van der Waals surface area contributed by atoms with Crippen LogP contribution in [0.25, 0.3) is 0 Å². The first kappa shape index (κ1) is 16.0. The number of ether oxygens (including phenoxy) is 1. The summed E-state index contributed by atoms with van der Waals surface area (Å²) >= 11 is 0. The summed E-state index contributed by atoms with van der Waals surface area (Å²) in [5.41, 5.74) is 6.02. The van der Waals surface area contributed by atoms with Crippen LogP contribution in [0.15, 0.2) is 24.3 Å². The molecular formula is C14H20N2O4. The zero-order valence-corrected chi connectivity index (χ0v) is 11.8. The number of benzene rings is 1. The first-order valence-electron chi connectivity index (χ1n) is 6.21. The number of carbonyl (C=O) groups excluding carboxylic acids is 1. The number of nitrogens with two attached hydrogens (primary N) is 1. The third-order valence-corrected chi connectivity index (χ3v) is 2.68. The fourth-order valence-electron chi connectivity index (χ4n) is 1.42. The Kier molecular flexibility index (Phi) is 5.10. The zero-order chi connectivity index (χ0) is 15.3. The molecule has 6 heteroatoms. The van der Waals surface area contributed by atoms with Crippen molar-refractivity contribution in [2.75, 3.05) is 11.9 Å². The Morgan fingerprint density at radius 2 is 2.05 bits per heavy atom. The van der Waals surface area contributed by atoms with E-state index in [9.17, 15) is 9.59 Å². The third kappa shape index (κ3) is 4.89. The van der Waals surface area contributed by atoms with Crippen LogP contribution in [0.1, 0.15) is 20.8 Å². The minimum Gasteiger partial charge on any atom is -0.482 e. The molecule has 1 aromatic rings. The number of nitrogens with one attached hydrogen (secondary N) is 1. The topological polar surface area (TPSA) is 102 Å². The van der Waals surface area contributed by atoms with Gasteiger partial charge in [-0.3, -0.25) is 4.79 Å². The Morgan fingerprint density at radius 1 is 1.40 bits per heavy atom. The van der Waals surface area contributed by atoms with Gasteiger partial charge in [0.1, 0.15) is 5.75 Å². The normalized spacial score (nSPS) is 12.6. The highest BCUT2D eigenvalue weighted by molar-refractivity contribution is 5.95. The molecule has 0 radical (unpaired) electrons. The Hall–Kier alpha value is -2.08. The number of carbonyl (C=O) groups is 2. The Bertz CT molecular complexity index is 494. The van der Waals surface area contributed by atoms with E-state index in [0.717, 1.165) is 0 Å². The summed E-state index contributed by atoms with van der Waals surface area (Å²) in [4.78, 5) is 22.4. The van der Waals surface area contributed by atoms with Crippen LogP contribution in [0.2, 0.25) is 0 Å². The van der Waals surface area contributed by atoms with Crippen LogP contribution in [0.4, 0.5) is 5.69 Å². The van der Waals surface area contributed by atoms with Gasteiger partial charge in [0.15, 0.2) is 6.61 Å². The highest BCUT2D eigenvalue weighted by Gasteiger charge is 2.27. The predicted octanol–water partition coefficient (Wildman–Crippen LogP) is 1.46. The molecule has 0 spiro atoms. The molecule has 1 aromatic carbocycles. The van der Waals surface area contributed by atoms with Gasteiger partial charge in [-0.1, -0.05) is 26.8 Å². The molecule has 0 saturated heterocycles. The highest BCUT2D eigenvalue weighted by atomic mass is 16.5. The van der Waals surface area contributed by atoms with E-state index < -0.39 is 18.6 Å². The van der Waals surface area contributed by atoms with Crippen LogP contribution in [0.5, 0.6) is 5.75 Å². The molecule has 0 saturated carbocycles. The highest BCUT2D eigenvalue weighted by Crippen LogP contribution is 2.21. The summed E-state index contributed by atoms with van der Waals surface area (Å²) in [6.45, 7) is 5.20. The number of carboxylic acid groups (broad SMARTS) is 1. The maximum absolute atomic E-state index is 12.0. The van der Waals surface area contributed by atoms with Crippen LogP contribution in [-0.4, -0.2) is 29.6 Å². The van der Waals surface area contributed by atoms with Crippen molar-refractivity contribution in [3.8, 4) is 5.75 Å². The molecule has 1 amide bonds. The zero-order valence-electron chi connectivity index (χ0n) is 11.8. The minimum atomic E-state index is -1.06. The van der Waals surface area contributed by atoms with Gasteiger partial charge >= 0.3 is 5.97 Å². The molecule has 0 aromatic heterocycles. The van der Waals surface area contributed by atoms with Gasteiger partial charge in [-0.15, -0.1) is 0 Å². The molecule has 110 valence electrons. The summed E-state index contributed by atoms with van der Waals surface area (Å²) in [7, 11) is 0. The van der Waals surface area contributed by atoms with Crippen LogP contribution < -0.4 is 15.8 Å². The second-order valence-electron chi connectivity index (χ2n) is 5.54. The van der Waals surface area contributed by atoms with Crippen molar-refractivity contribution in [1.82, 2.24) is 0 Å². The molecule has 20 heavy (non-hydrogen) atoms. The molecule has 1 unspecified atom stereocenters. The standard InChI is InChI=1S/C14H20N2O4/c1-14(2,3)12(15)13(19)16-9-5-4-6-10(7-9)20-8-11(17)18/h4-7,12H,8,15H2,1-3H3,(H,16,19)(H,17,18). The molecule has 0 fully saturated rings. The maximum atomic E-state index is 12.0. The number of rotatable bonds is 5. The van der Waals surface area contributed by atoms with E-state index in [-0.39, 0.29) is 11.3 Å². The quantitative estimate of drug-likeness (QED) is 0.758. The lowest BCUT2D eigenvalue weighted by Gasteiger charge is -2.25. The second-order valence-corrected chi connectivity index (χ2v) is 5.54. The number of amides is 1. The van der Waals surface area contributed by atoms with Crippen molar-refractivity contribution in [3.63, 3.8) is 0 Å². The largest absolute Gasteiger partial charge is 0.482 e. The summed E-state index contributed by atoms with van der Waals surface area (Å²) < 4.78 is 5.04. The first-order chi connectivity index (χ1) is 9.20. The van der Waals surface area contributed by atoms with E-state index >= 15 is 0 Å². The maximum Gasteiger partial charge on any atom is 0.341 e. The van der Waals surface area contributed by atoms with Gasteiger partial charge < -0.3 is 20.9 Å². The van der Waals surface area contributed by atoms with E-state index in [1.165, 1.54) is 0 Å². The van der Waals surface area contributed by atoms with E-state index in [2.05, 4.69) is 5.32 Å². The lowest BCUT2D eigenvalue weighted by atomic mass is 9.87. The van der Waals surface area contributed by atoms with Crippen molar-refractivity contribution in [2.45, 2.75) is 26.8 Å². The van der Waals surface area contributed by atoms with Gasteiger partial charge in [0, 0.05) is 11.8 Å². The molecule has 0 heterocycles. The van der Waals surface area contributed by atoms with Gasteiger partial charge in [0.2, 0.25) is 5.91 Å². The average Bonchev–Trinajstić information content (AvgIpc) is 2.34. The number of anilines is 1. The lowest BCUT2D eigenvalue weighted by molar-refractivity contribution is -0.139. The van der Waals surface area contributed by atoms with E-state index in [1.807, 2.05) is 20.8 Å². The summed E-state index contributed by atoms with van der Waals surface area (Å²) in [6.07, 6.45) is 0. The summed E-state index contributed by atoms with van der Waals surface area (Å²) in [6, 6.07) is 5.86. The fraction of sp³-hybridized carbons (Fsp3) is 0.429. The SMILES string of the molecule is CC(C)(C)C(N)C(=O)Nc1cccc(OCC(=O)O)c1. The van der Waals surface area contributed by atoms with Crippen LogP contribution >= 0.6 is 0 Å². The number of hydrogen-bond acceptors (Lipinski definition) is 4. The number of hydrogen-bond donors (Lipinski definition) is 3. The van der Waals surface area contributed by atoms with Gasteiger partial charge in [-0.2, -0.15) is 0 Å². The van der Waals surface area contributed by atoms with Gasteiger partial charge in [-0.05, 0) is 17.5 Å². The van der Waals surface area contributed by atoms with E-state index in [1.54, 1.807) is 24.3 Å². The van der Waals surface area contributed by atoms with Crippen molar-refractivity contribution in [3.05, 3.63) is 24.3 Å². The number of carboxylic acids is 1. The van der Waals surface area contributed by atoms with Crippen molar-refractivity contribution >= 4 is 17.6 Å². The van der Waals surface area contributed by atoms with Crippen LogP contribution in [-0.2, 0) is 9.59 Å². The van der Waals surface area contributed by atoms with Crippen molar-refractivity contribution < 1.29 is 19.4 Å². The molecular weight excluding hydrogens is 260 g/mol. The summed E-state index contributed by atoms with van der Waals surface area (Å²) in [5, 5.41) is 11.2. The predicted molar refractivity (Wildman–Crippen MR) is 75.6 cm³/mol. The second kappa shape index (κ2) is 6.38. The fourth-order valence-corrected chi connectivity index (χ4v) is 1.42. The van der Waals surface area contributed by atoms with E-state index in [4.69, 9.17) is 15.6 Å². The van der Waals surface area contributed by atoms with Gasteiger partial charge in [0.25, 0.3) is 0 Å². The molecule has 0 aliphatic rings. The first-order valence-corrected chi connectivity index (χ1v) is 6.21. The molecule has 1 atom stereocenters. The van der Waals surface area contributed by atoms with Gasteiger partial charge in [-0.25, -0.2) is 4.79 Å². The molecule has 0 aliphatic carbocycles. The van der Waals surface area contributed by atoms with Crippen LogP contribution in [0, 0.1) is 5.41 Å². The smallest absolute Gasteiger partial charge is 0.341 e. The van der Waals surface area contributed by atoms with Crippen LogP contribution in [0.3, 0.4) is 0 Å². The average molecular weight is 280 g/mol. The molecule has 0 aliphatic heterocycles. The van der Waals surface area contributed by atoms with Crippen molar-refractivity contribution in [1.29, 1.82) is 0 Å². The minimum absolute atomic E-state index is 0.298. The molecule has 6 nitrogen and oxygen atoms in total. The Morgan fingerprint density at radius 3 is 2.60 bits per heavy atom. The van der Waals surface area contributed by atoms with Crippen molar-refractivity contribution in [2.24, 2.45) is 11.1 Å². The molecule has 4 N–H and O–H groups in total. The Labute approximate surface area is 117 Å².